The number of nitrogens with one attached hydrogen (secondary N) is 1. The van der Waals surface area contributed by atoms with Gasteiger partial charge < -0.3 is 9.73 Å². The molecule has 0 aromatic carbocycles. The Morgan fingerprint density at radius 2 is 2.19 bits per heavy atom. The number of rotatable bonds is 6. The third kappa shape index (κ3) is 4.27. The smallest absolute Gasteiger partial charge is 0.169 e. The minimum Gasteiger partial charge on any atom is -0.453 e. The maximum Gasteiger partial charge on any atom is 0.169 e. The summed E-state index contributed by atoms with van der Waals surface area (Å²) in [6, 6.07) is 3.69. The second kappa shape index (κ2) is 5.84. The van der Waals surface area contributed by atoms with Gasteiger partial charge >= 0.3 is 0 Å². The first-order valence-corrected chi connectivity index (χ1v) is 7.75. The lowest BCUT2D eigenvalue weighted by molar-refractivity contribution is 0.424. The summed E-state index contributed by atoms with van der Waals surface area (Å²) in [6.07, 6.45) is 0. The molecule has 0 fully saturated rings. The minimum atomic E-state index is -2.89. The van der Waals surface area contributed by atoms with E-state index in [0.29, 0.717) is 11.2 Å². The SMILES string of the molecule is CCS(=O)(=O)CCNC(C)c1ccc(Br)o1. The monoisotopic (exact) mass is 309 g/mol. The average Bonchev–Trinajstić information content (AvgIpc) is 2.64. The average molecular weight is 310 g/mol. The Balaban J connectivity index is 2.39. The summed E-state index contributed by atoms with van der Waals surface area (Å²) in [5.41, 5.74) is 0. The van der Waals surface area contributed by atoms with Gasteiger partial charge in [-0.1, -0.05) is 6.92 Å². The first-order valence-electron chi connectivity index (χ1n) is 5.13. The molecule has 1 atom stereocenters. The van der Waals surface area contributed by atoms with Crippen molar-refractivity contribution in [2.45, 2.75) is 19.9 Å². The van der Waals surface area contributed by atoms with E-state index in [1.807, 2.05) is 19.1 Å². The van der Waals surface area contributed by atoms with Crippen molar-refractivity contribution in [3.05, 3.63) is 22.6 Å². The molecule has 0 bridgehead atoms. The minimum absolute atomic E-state index is 0.0124. The lowest BCUT2D eigenvalue weighted by atomic mass is 10.2. The van der Waals surface area contributed by atoms with Crippen molar-refractivity contribution in [1.29, 1.82) is 0 Å². The Bertz CT molecular complexity index is 427. The zero-order valence-corrected chi connectivity index (χ0v) is 11.8. The van der Waals surface area contributed by atoms with Crippen LogP contribution < -0.4 is 5.32 Å². The predicted octanol–water partition coefficient (Wildman–Crippen LogP) is 2.13. The van der Waals surface area contributed by atoms with Crippen LogP contribution in [0.3, 0.4) is 0 Å². The zero-order valence-electron chi connectivity index (χ0n) is 9.36. The van der Waals surface area contributed by atoms with Crippen molar-refractivity contribution in [3.8, 4) is 0 Å². The van der Waals surface area contributed by atoms with Gasteiger partial charge in [-0.2, -0.15) is 0 Å². The maximum absolute atomic E-state index is 11.3. The molecular formula is C10H16BrNO3S. The number of hydrogen-bond acceptors (Lipinski definition) is 4. The van der Waals surface area contributed by atoms with Gasteiger partial charge in [0.15, 0.2) is 14.5 Å². The maximum atomic E-state index is 11.3. The Morgan fingerprint density at radius 1 is 1.50 bits per heavy atom. The first-order chi connectivity index (χ1) is 7.44. The highest BCUT2D eigenvalue weighted by molar-refractivity contribution is 9.10. The van der Waals surface area contributed by atoms with Gasteiger partial charge in [0.05, 0.1) is 11.8 Å². The predicted molar refractivity (Wildman–Crippen MR) is 67.2 cm³/mol. The topological polar surface area (TPSA) is 59.3 Å². The number of furan rings is 1. The largest absolute Gasteiger partial charge is 0.453 e. The van der Waals surface area contributed by atoms with E-state index >= 15 is 0 Å². The fourth-order valence-electron chi connectivity index (χ4n) is 1.24. The number of sulfone groups is 1. The van der Waals surface area contributed by atoms with Crippen LogP contribution in [-0.4, -0.2) is 26.5 Å². The van der Waals surface area contributed by atoms with Crippen LogP contribution in [0, 0.1) is 0 Å². The van der Waals surface area contributed by atoms with Gasteiger partial charge in [0, 0.05) is 12.3 Å². The van der Waals surface area contributed by atoms with E-state index in [1.165, 1.54) is 0 Å². The Kier molecular flexibility index (Phi) is 5.01. The summed E-state index contributed by atoms with van der Waals surface area (Å²) < 4.78 is 28.5. The van der Waals surface area contributed by atoms with E-state index in [-0.39, 0.29) is 17.5 Å². The summed E-state index contributed by atoms with van der Waals surface area (Å²) in [5, 5.41) is 3.11. The molecule has 1 rings (SSSR count). The molecular weight excluding hydrogens is 294 g/mol. The molecule has 16 heavy (non-hydrogen) atoms. The summed E-state index contributed by atoms with van der Waals surface area (Å²) in [7, 11) is -2.89. The van der Waals surface area contributed by atoms with Gasteiger partial charge in [-0.05, 0) is 35.0 Å². The molecule has 0 radical (unpaired) electrons. The summed E-state index contributed by atoms with van der Waals surface area (Å²) in [4.78, 5) is 0. The molecule has 1 heterocycles. The van der Waals surface area contributed by atoms with E-state index in [1.54, 1.807) is 6.92 Å². The molecule has 0 aliphatic rings. The fourth-order valence-corrected chi connectivity index (χ4v) is 2.27. The van der Waals surface area contributed by atoms with Crippen LogP contribution in [0.2, 0.25) is 0 Å². The van der Waals surface area contributed by atoms with Crippen LogP contribution in [0.25, 0.3) is 0 Å². The quantitative estimate of drug-likeness (QED) is 0.874. The van der Waals surface area contributed by atoms with Crippen LogP contribution in [-0.2, 0) is 9.84 Å². The second-order valence-corrected chi connectivity index (χ2v) is 6.81. The highest BCUT2D eigenvalue weighted by Crippen LogP contribution is 2.19. The highest BCUT2D eigenvalue weighted by atomic mass is 79.9. The fraction of sp³-hybridized carbons (Fsp3) is 0.600. The van der Waals surface area contributed by atoms with E-state index < -0.39 is 9.84 Å². The van der Waals surface area contributed by atoms with Gasteiger partial charge in [0.2, 0.25) is 0 Å². The molecule has 6 heteroatoms. The Morgan fingerprint density at radius 3 is 2.69 bits per heavy atom. The first kappa shape index (κ1) is 13.7. The zero-order chi connectivity index (χ0) is 12.2. The van der Waals surface area contributed by atoms with E-state index in [2.05, 4.69) is 21.2 Å². The molecule has 1 N–H and O–H groups in total. The molecule has 0 saturated carbocycles. The van der Waals surface area contributed by atoms with Gasteiger partial charge in [-0.15, -0.1) is 0 Å². The molecule has 92 valence electrons. The number of hydrogen-bond donors (Lipinski definition) is 1. The van der Waals surface area contributed by atoms with E-state index in [4.69, 9.17) is 4.42 Å². The molecule has 0 amide bonds. The van der Waals surface area contributed by atoms with Crippen LogP contribution >= 0.6 is 15.9 Å². The Hall–Kier alpha value is -0.330. The van der Waals surface area contributed by atoms with Crippen molar-refractivity contribution in [2.75, 3.05) is 18.1 Å². The van der Waals surface area contributed by atoms with Crippen molar-refractivity contribution < 1.29 is 12.8 Å². The molecule has 0 aliphatic carbocycles. The van der Waals surface area contributed by atoms with Gasteiger partial charge in [0.1, 0.15) is 5.76 Å². The van der Waals surface area contributed by atoms with Crippen LogP contribution in [0.1, 0.15) is 25.6 Å². The van der Waals surface area contributed by atoms with E-state index in [0.717, 1.165) is 5.76 Å². The lowest BCUT2D eigenvalue weighted by Gasteiger charge is -2.10. The summed E-state index contributed by atoms with van der Waals surface area (Å²) >= 11 is 3.22. The molecule has 0 saturated heterocycles. The van der Waals surface area contributed by atoms with E-state index in [9.17, 15) is 8.42 Å². The Labute approximate surface area is 104 Å². The van der Waals surface area contributed by atoms with Crippen molar-refractivity contribution in [2.24, 2.45) is 0 Å². The van der Waals surface area contributed by atoms with Gasteiger partial charge in [0.25, 0.3) is 0 Å². The highest BCUT2D eigenvalue weighted by Gasteiger charge is 2.11. The molecule has 4 nitrogen and oxygen atoms in total. The normalized spacial score (nSPS) is 13.9. The molecule has 1 unspecified atom stereocenters. The third-order valence-corrected chi connectivity index (χ3v) is 4.46. The summed E-state index contributed by atoms with van der Waals surface area (Å²) in [5.74, 6) is 1.14. The molecule has 0 spiro atoms. The van der Waals surface area contributed by atoms with Gasteiger partial charge in [-0.3, -0.25) is 0 Å². The van der Waals surface area contributed by atoms with Crippen molar-refractivity contribution in [1.82, 2.24) is 5.32 Å². The van der Waals surface area contributed by atoms with Gasteiger partial charge in [-0.25, -0.2) is 8.42 Å². The molecule has 1 aromatic rings. The molecule has 1 aromatic heterocycles. The summed E-state index contributed by atoms with van der Waals surface area (Å²) in [6.45, 7) is 4.03. The lowest BCUT2D eigenvalue weighted by Crippen LogP contribution is -2.26. The van der Waals surface area contributed by atoms with Crippen LogP contribution in [0.15, 0.2) is 21.2 Å². The van der Waals surface area contributed by atoms with Crippen LogP contribution in [0.4, 0.5) is 0 Å². The van der Waals surface area contributed by atoms with Crippen molar-refractivity contribution >= 4 is 25.8 Å². The standard InChI is InChI=1S/C10H16BrNO3S/c1-3-16(13,14)7-6-12-8(2)9-4-5-10(11)15-9/h4-5,8,12H,3,6-7H2,1-2H3. The van der Waals surface area contributed by atoms with Crippen molar-refractivity contribution in [3.63, 3.8) is 0 Å². The van der Waals surface area contributed by atoms with Crippen LogP contribution in [0.5, 0.6) is 0 Å². The molecule has 0 aliphatic heterocycles. The third-order valence-electron chi connectivity index (χ3n) is 2.32. The second-order valence-electron chi connectivity index (χ2n) is 3.55. The number of halogens is 1.